The van der Waals surface area contributed by atoms with Gasteiger partial charge in [-0.2, -0.15) is 13.2 Å². The van der Waals surface area contributed by atoms with Gasteiger partial charge in [-0.1, -0.05) is 30.3 Å². The summed E-state index contributed by atoms with van der Waals surface area (Å²) in [6, 6.07) is 15.7. The van der Waals surface area contributed by atoms with Gasteiger partial charge >= 0.3 is 6.18 Å². The van der Waals surface area contributed by atoms with E-state index in [0.29, 0.717) is 23.2 Å². The van der Waals surface area contributed by atoms with Gasteiger partial charge in [-0.3, -0.25) is 14.6 Å². The zero-order chi connectivity index (χ0) is 25.0. The van der Waals surface area contributed by atoms with E-state index in [1.165, 1.54) is 12.1 Å². The first-order valence-electron chi connectivity index (χ1n) is 11.0. The second-order valence-corrected chi connectivity index (χ2v) is 8.17. The summed E-state index contributed by atoms with van der Waals surface area (Å²) >= 11 is 0. The van der Waals surface area contributed by atoms with Crippen molar-refractivity contribution in [2.45, 2.75) is 38.1 Å². The number of aromatic nitrogens is 2. The number of benzene rings is 1. The first-order chi connectivity index (χ1) is 16.7. The van der Waals surface area contributed by atoms with E-state index in [4.69, 9.17) is 0 Å². The van der Waals surface area contributed by atoms with Crippen molar-refractivity contribution in [3.05, 3.63) is 89.4 Å². The Morgan fingerprint density at radius 2 is 1.83 bits per heavy atom. The average molecular weight is 484 g/mol. The Kier molecular flexibility index (Phi) is 6.99. The van der Waals surface area contributed by atoms with Gasteiger partial charge in [-0.05, 0) is 36.8 Å². The number of carbonyl (C=O) groups is 2. The van der Waals surface area contributed by atoms with Gasteiger partial charge in [0.15, 0.2) is 6.61 Å². The van der Waals surface area contributed by atoms with Crippen LogP contribution in [0.3, 0.4) is 0 Å². The Labute approximate surface area is 200 Å². The monoisotopic (exact) mass is 484 g/mol. The molecule has 7 nitrogen and oxygen atoms in total. The van der Waals surface area contributed by atoms with E-state index >= 15 is 0 Å². The number of fused-ring (bicyclic) bond motifs is 1. The van der Waals surface area contributed by atoms with Gasteiger partial charge < -0.3 is 15.0 Å². The lowest BCUT2D eigenvalue weighted by Crippen LogP contribution is -2.44. The largest absolute Gasteiger partial charge is 0.468 e. The van der Waals surface area contributed by atoms with Crippen molar-refractivity contribution in [3.63, 3.8) is 0 Å². The van der Waals surface area contributed by atoms with Crippen LogP contribution >= 0.6 is 0 Å². The van der Waals surface area contributed by atoms with Crippen LogP contribution in [0.5, 0.6) is 5.88 Å². The molecule has 1 aliphatic rings. The molecule has 0 fully saturated rings. The second-order valence-electron chi connectivity index (χ2n) is 8.17. The molecule has 0 bridgehead atoms. The molecular formula is C25H23F3N4O3. The fourth-order valence-corrected chi connectivity index (χ4v) is 4.05. The minimum atomic E-state index is -4.48. The highest BCUT2D eigenvalue weighted by Gasteiger charge is 2.43. The van der Waals surface area contributed by atoms with Crippen molar-refractivity contribution in [2.75, 3.05) is 6.61 Å². The molecule has 2 atom stereocenters. The number of rotatable bonds is 8. The number of alkyl halides is 3. The highest BCUT2D eigenvalue weighted by Crippen LogP contribution is 2.36. The number of ether oxygens (including phenoxy) is 1. The molecule has 3 heterocycles. The van der Waals surface area contributed by atoms with Gasteiger partial charge in [0.2, 0.25) is 11.8 Å². The van der Waals surface area contributed by atoms with Gasteiger partial charge in [0.05, 0.1) is 12.2 Å². The highest BCUT2D eigenvalue weighted by atomic mass is 19.4. The van der Waals surface area contributed by atoms with Crippen LogP contribution in [0.4, 0.5) is 13.2 Å². The standard InChI is InChI=1S/C25H23F3N4O3/c1-16(13-17-7-4-5-12-29-17)32-22(19-9-2-3-10-20(19)24(32)34)23(33)30-14-18-8-6-11-21(31-18)35-15-25(26,27)28/h2-12,16,22H,13-15H2,1H3,(H,30,33). The third kappa shape index (κ3) is 5.76. The molecule has 35 heavy (non-hydrogen) atoms. The lowest BCUT2D eigenvalue weighted by atomic mass is 10.0. The Hall–Kier alpha value is -3.95. The molecule has 10 heteroatoms. The van der Waals surface area contributed by atoms with E-state index in [0.717, 1.165) is 5.69 Å². The van der Waals surface area contributed by atoms with Crippen molar-refractivity contribution < 1.29 is 27.5 Å². The van der Waals surface area contributed by atoms with E-state index in [1.54, 1.807) is 47.5 Å². The SMILES string of the molecule is CC(Cc1ccccn1)N1C(=O)c2ccccc2C1C(=O)NCc1cccc(OCC(F)(F)F)n1. The van der Waals surface area contributed by atoms with Crippen LogP contribution in [0.15, 0.2) is 66.9 Å². The molecule has 0 saturated heterocycles. The molecule has 0 radical (unpaired) electrons. The minimum absolute atomic E-state index is 0.0443. The van der Waals surface area contributed by atoms with Crippen molar-refractivity contribution in [1.82, 2.24) is 20.2 Å². The predicted molar refractivity (Wildman–Crippen MR) is 120 cm³/mol. The molecule has 1 aliphatic heterocycles. The zero-order valence-electron chi connectivity index (χ0n) is 18.8. The lowest BCUT2D eigenvalue weighted by molar-refractivity contribution is -0.154. The van der Waals surface area contributed by atoms with Crippen LogP contribution in [0.1, 0.15) is 40.3 Å². The molecule has 2 amide bonds. The third-order valence-corrected chi connectivity index (χ3v) is 5.56. The van der Waals surface area contributed by atoms with Gasteiger partial charge in [0.25, 0.3) is 5.91 Å². The molecule has 0 aliphatic carbocycles. The Balaban J connectivity index is 1.50. The van der Waals surface area contributed by atoms with Crippen LogP contribution in [0.2, 0.25) is 0 Å². The maximum atomic E-state index is 13.3. The fraction of sp³-hybridized carbons (Fsp3) is 0.280. The number of halogens is 3. The topological polar surface area (TPSA) is 84.4 Å². The van der Waals surface area contributed by atoms with Gasteiger partial charge in [-0.15, -0.1) is 0 Å². The third-order valence-electron chi connectivity index (χ3n) is 5.56. The molecule has 2 aromatic heterocycles. The summed E-state index contributed by atoms with van der Waals surface area (Å²) in [4.78, 5) is 36.4. The summed E-state index contributed by atoms with van der Waals surface area (Å²) in [5, 5.41) is 2.76. The van der Waals surface area contributed by atoms with Crippen LogP contribution in [-0.2, 0) is 17.8 Å². The van der Waals surface area contributed by atoms with Crippen molar-refractivity contribution in [3.8, 4) is 5.88 Å². The molecule has 1 N–H and O–H groups in total. The van der Waals surface area contributed by atoms with Crippen LogP contribution < -0.4 is 10.1 Å². The lowest BCUT2D eigenvalue weighted by Gasteiger charge is -2.30. The van der Waals surface area contributed by atoms with Gasteiger partial charge in [0.1, 0.15) is 6.04 Å². The smallest absolute Gasteiger partial charge is 0.422 e. The maximum absolute atomic E-state index is 13.3. The molecular weight excluding hydrogens is 461 g/mol. The number of nitrogens with one attached hydrogen (secondary N) is 1. The first-order valence-corrected chi connectivity index (χ1v) is 11.0. The van der Waals surface area contributed by atoms with Crippen molar-refractivity contribution >= 4 is 11.8 Å². The van der Waals surface area contributed by atoms with Crippen molar-refractivity contribution in [1.29, 1.82) is 0 Å². The molecule has 2 unspecified atom stereocenters. The molecule has 0 saturated carbocycles. The normalized spacial score (nSPS) is 16.1. The predicted octanol–water partition coefficient (Wildman–Crippen LogP) is 3.86. The number of hydrogen-bond acceptors (Lipinski definition) is 5. The number of pyridine rings is 2. The number of amides is 2. The van der Waals surface area contributed by atoms with Gasteiger partial charge in [-0.25, -0.2) is 4.98 Å². The Morgan fingerprint density at radius 3 is 2.57 bits per heavy atom. The summed E-state index contributed by atoms with van der Waals surface area (Å²) in [6.45, 7) is 0.360. The minimum Gasteiger partial charge on any atom is -0.468 e. The molecule has 1 aromatic carbocycles. The molecule has 3 aromatic rings. The molecule has 182 valence electrons. The Bertz CT molecular complexity index is 1200. The average Bonchev–Trinajstić information content (AvgIpc) is 3.14. The van der Waals surface area contributed by atoms with Crippen LogP contribution in [0, 0.1) is 0 Å². The number of carbonyl (C=O) groups excluding carboxylic acids is 2. The summed E-state index contributed by atoms with van der Waals surface area (Å²) < 4.78 is 41.9. The van der Waals surface area contributed by atoms with E-state index in [-0.39, 0.29) is 24.4 Å². The zero-order valence-corrected chi connectivity index (χ0v) is 18.8. The van der Waals surface area contributed by atoms with Crippen LogP contribution in [0.25, 0.3) is 0 Å². The van der Waals surface area contributed by atoms with Crippen molar-refractivity contribution in [2.24, 2.45) is 0 Å². The molecule has 0 spiro atoms. The van der Waals surface area contributed by atoms with E-state index < -0.39 is 24.7 Å². The fourth-order valence-electron chi connectivity index (χ4n) is 4.05. The quantitative estimate of drug-likeness (QED) is 0.525. The van der Waals surface area contributed by atoms with E-state index in [9.17, 15) is 22.8 Å². The Morgan fingerprint density at radius 1 is 1.09 bits per heavy atom. The van der Waals surface area contributed by atoms with Crippen LogP contribution in [-0.4, -0.2) is 45.5 Å². The van der Waals surface area contributed by atoms with Gasteiger partial charge in [0, 0.05) is 36.0 Å². The second kappa shape index (κ2) is 10.1. The number of hydrogen-bond donors (Lipinski definition) is 1. The summed E-state index contributed by atoms with van der Waals surface area (Å²) in [6.07, 6.45) is -2.35. The van der Waals surface area contributed by atoms with E-state index in [2.05, 4.69) is 20.0 Å². The summed E-state index contributed by atoms with van der Waals surface area (Å²) in [7, 11) is 0. The highest BCUT2D eigenvalue weighted by molar-refractivity contribution is 6.04. The number of nitrogens with zero attached hydrogens (tertiary/aromatic N) is 3. The maximum Gasteiger partial charge on any atom is 0.422 e. The molecule has 4 rings (SSSR count). The van der Waals surface area contributed by atoms with E-state index in [1.807, 2.05) is 19.1 Å². The first kappa shape index (κ1) is 24.2. The summed E-state index contributed by atoms with van der Waals surface area (Å²) in [5.74, 6) is -0.856. The summed E-state index contributed by atoms with van der Waals surface area (Å²) in [5.41, 5.74) is 2.17.